The second kappa shape index (κ2) is 5.83. The van der Waals surface area contributed by atoms with Crippen LogP contribution in [0, 0.1) is 12.7 Å². The van der Waals surface area contributed by atoms with E-state index >= 15 is 0 Å². The van der Waals surface area contributed by atoms with Crippen molar-refractivity contribution >= 4 is 11.6 Å². The zero-order valence-corrected chi connectivity index (χ0v) is 12.2. The number of halogens is 1. The van der Waals surface area contributed by atoms with Gasteiger partial charge in [-0.15, -0.1) is 0 Å². The fourth-order valence-corrected chi connectivity index (χ4v) is 1.78. The molecule has 0 aliphatic heterocycles. The molecule has 0 radical (unpaired) electrons. The van der Waals surface area contributed by atoms with Crippen LogP contribution in [-0.4, -0.2) is 24.9 Å². The molecule has 0 atom stereocenters. The molecule has 0 saturated heterocycles. The van der Waals surface area contributed by atoms with Crippen LogP contribution in [0.15, 0.2) is 36.4 Å². The predicted molar refractivity (Wildman–Crippen MR) is 80.1 cm³/mol. The van der Waals surface area contributed by atoms with Gasteiger partial charge in [0.05, 0.1) is 5.69 Å². The van der Waals surface area contributed by atoms with Gasteiger partial charge in [0.25, 0.3) is 5.91 Å². The Labute approximate surface area is 122 Å². The summed E-state index contributed by atoms with van der Waals surface area (Å²) in [7, 11) is 3.32. The summed E-state index contributed by atoms with van der Waals surface area (Å²) in [5.74, 6) is 0.145. The summed E-state index contributed by atoms with van der Waals surface area (Å²) < 4.78 is 19.1. The molecule has 0 aromatic heterocycles. The number of amides is 1. The van der Waals surface area contributed by atoms with Gasteiger partial charge in [-0.3, -0.25) is 4.79 Å². The van der Waals surface area contributed by atoms with Crippen LogP contribution < -0.4 is 10.5 Å². The highest BCUT2D eigenvalue weighted by Crippen LogP contribution is 2.29. The minimum Gasteiger partial charge on any atom is -0.455 e. The van der Waals surface area contributed by atoms with Crippen molar-refractivity contribution in [2.75, 3.05) is 19.8 Å². The maximum Gasteiger partial charge on any atom is 0.253 e. The molecule has 0 aliphatic carbocycles. The fourth-order valence-electron chi connectivity index (χ4n) is 1.78. The van der Waals surface area contributed by atoms with Gasteiger partial charge in [-0.2, -0.15) is 0 Å². The lowest BCUT2D eigenvalue weighted by atomic mass is 10.1. The van der Waals surface area contributed by atoms with E-state index in [1.807, 2.05) is 0 Å². The summed E-state index contributed by atoms with van der Waals surface area (Å²) in [5, 5.41) is 0. The first-order valence-corrected chi connectivity index (χ1v) is 6.43. The minimum atomic E-state index is -0.355. The number of ether oxygens (including phenoxy) is 1. The molecule has 0 spiro atoms. The molecule has 4 nitrogen and oxygen atoms in total. The molecule has 0 bridgehead atoms. The van der Waals surface area contributed by atoms with Crippen LogP contribution in [0.1, 0.15) is 15.9 Å². The van der Waals surface area contributed by atoms with Crippen LogP contribution in [-0.2, 0) is 0 Å². The van der Waals surface area contributed by atoms with Gasteiger partial charge in [-0.1, -0.05) is 6.07 Å². The quantitative estimate of drug-likeness (QED) is 0.882. The lowest BCUT2D eigenvalue weighted by Crippen LogP contribution is -2.21. The van der Waals surface area contributed by atoms with Gasteiger partial charge >= 0.3 is 0 Å². The van der Waals surface area contributed by atoms with Gasteiger partial charge in [0, 0.05) is 25.7 Å². The predicted octanol–water partition coefficient (Wildman–Crippen LogP) is 3.21. The van der Waals surface area contributed by atoms with Crippen molar-refractivity contribution in [1.82, 2.24) is 4.90 Å². The Balaban J connectivity index is 2.32. The number of nitrogen functional groups attached to an aromatic ring is 1. The second-order valence-electron chi connectivity index (χ2n) is 4.97. The average Bonchev–Trinajstić information content (AvgIpc) is 2.44. The summed E-state index contributed by atoms with van der Waals surface area (Å²) in [6.45, 7) is 1.67. The fraction of sp³-hybridized carbons (Fsp3) is 0.188. The Kier molecular flexibility index (Phi) is 4.12. The Morgan fingerprint density at radius 2 is 1.90 bits per heavy atom. The monoisotopic (exact) mass is 288 g/mol. The number of hydrogen-bond donors (Lipinski definition) is 1. The number of rotatable bonds is 3. The van der Waals surface area contributed by atoms with E-state index in [2.05, 4.69) is 0 Å². The van der Waals surface area contributed by atoms with Gasteiger partial charge < -0.3 is 15.4 Å². The highest BCUT2D eigenvalue weighted by atomic mass is 19.1. The topological polar surface area (TPSA) is 55.6 Å². The van der Waals surface area contributed by atoms with Crippen molar-refractivity contribution in [3.8, 4) is 11.5 Å². The smallest absolute Gasteiger partial charge is 0.253 e. The Bertz CT molecular complexity index is 684. The van der Waals surface area contributed by atoms with Crippen LogP contribution in [0.5, 0.6) is 11.5 Å². The summed E-state index contributed by atoms with van der Waals surface area (Å²) >= 11 is 0. The van der Waals surface area contributed by atoms with Gasteiger partial charge in [0.1, 0.15) is 11.6 Å². The third kappa shape index (κ3) is 3.31. The lowest BCUT2D eigenvalue weighted by molar-refractivity contribution is 0.0827. The molecule has 2 aromatic rings. The van der Waals surface area contributed by atoms with Crippen LogP contribution in [0.3, 0.4) is 0 Å². The molecule has 2 N–H and O–H groups in total. The third-order valence-electron chi connectivity index (χ3n) is 3.04. The average molecular weight is 288 g/mol. The summed E-state index contributed by atoms with van der Waals surface area (Å²) in [6.07, 6.45) is 0. The molecule has 2 rings (SSSR count). The van der Waals surface area contributed by atoms with Gasteiger partial charge in [-0.25, -0.2) is 4.39 Å². The van der Waals surface area contributed by atoms with Crippen LogP contribution in [0.2, 0.25) is 0 Å². The summed E-state index contributed by atoms with van der Waals surface area (Å²) in [6, 6.07) is 9.33. The standard InChI is InChI=1S/C16H17FN2O2/c1-10-4-6-12(9-13(10)17)21-15-8-11(5-7-14(15)18)16(20)19(2)3/h4-9H,18H2,1-3H3. The van der Waals surface area contributed by atoms with E-state index in [-0.39, 0.29) is 11.7 Å². The van der Waals surface area contributed by atoms with Crippen LogP contribution in [0.25, 0.3) is 0 Å². The van der Waals surface area contributed by atoms with Crippen LogP contribution in [0.4, 0.5) is 10.1 Å². The zero-order valence-electron chi connectivity index (χ0n) is 12.2. The molecule has 0 heterocycles. The number of anilines is 1. The molecule has 0 aliphatic rings. The lowest BCUT2D eigenvalue weighted by Gasteiger charge is -2.13. The van der Waals surface area contributed by atoms with E-state index in [0.29, 0.717) is 28.3 Å². The maximum atomic E-state index is 13.5. The van der Waals surface area contributed by atoms with E-state index in [4.69, 9.17) is 10.5 Å². The number of benzene rings is 2. The number of carbonyl (C=O) groups excluding carboxylic acids is 1. The van der Waals surface area contributed by atoms with E-state index in [1.54, 1.807) is 51.4 Å². The Morgan fingerprint density at radius 3 is 2.52 bits per heavy atom. The molecule has 110 valence electrons. The molecule has 21 heavy (non-hydrogen) atoms. The second-order valence-corrected chi connectivity index (χ2v) is 4.97. The Hall–Kier alpha value is -2.56. The van der Waals surface area contributed by atoms with E-state index in [9.17, 15) is 9.18 Å². The molecule has 1 amide bonds. The van der Waals surface area contributed by atoms with Crippen molar-refractivity contribution in [3.05, 3.63) is 53.3 Å². The summed E-state index contributed by atoms with van der Waals surface area (Å²) in [5.41, 5.74) is 7.21. The van der Waals surface area contributed by atoms with Crippen molar-refractivity contribution in [2.24, 2.45) is 0 Å². The number of aryl methyl sites for hydroxylation is 1. The summed E-state index contributed by atoms with van der Waals surface area (Å²) in [4.78, 5) is 13.4. The first-order valence-electron chi connectivity index (χ1n) is 6.43. The molecule has 0 fully saturated rings. The Morgan fingerprint density at radius 1 is 1.19 bits per heavy atom. The van der Waals surface area contributed by atoms with Gasteiger partial charge in [0.2, 0.25) is 0 Å². The number of nitrogens with zero attached hydrogens (tertiary/aromatic N) is 1. The van der Waals surface area contributed by atoms with Gasteiger partial charge in [-0.05, 0) is 36.8 Å². The number of hydrogen-bond acceptors (Lipinski definition) is 3. The molecular weight excluding hydrogens is 271 g/mol. The van der Waals surface area contributed by atoms with Crippen molar-refractivity contribution in [1.29, 1.82) is 0 Å². The zero-order chi connectivity index (χ0) is 15.6. The molecule has 0 unspecified atom stereocenters. The highest BCUT2D eigenvalue weighted by Gasteiger charge is 2.12. The minimum absolute atomic E-state index is 0.157. The molecular formula is C16H17FN2O2. The van der Waals surface area contributed by atoms with Crippen molar-refractivity contribution in [3.63, 3.8) is 0 Å². The third-order valence-corrected chi connectivity index (χ3v) is 3.04. The normalized spacial score (nSPS) is 10.3. The van der Waals surface area contributed by atoms with Crippen molar-refractivity contribution in [2.45, 2.75) is 6.92 Å². The van der Waals surface area contributed by atoms with Gasteiger partial charge in [0.15, 0.2) is 5.75 Å². The number of nitrogens with two attached hydrogens (primary N) is 1. The van der Waals surface area contributed by atoms with E-state index < -0.39 is 0 Å². The SMILES string of the molecule is Cc1ccc(Oc2cc(C(=O)N(C)C)ccc2N)cc1F. The van der Waals surface area contributed by atoms with Crippen LogP contribution >= 0.6 is 0 Å². The first kappa shape index (κ1) is 14.8. The largest absolute Gasteiger partial charge is 0.455 e. The maximum absolute atomic E-state index is 13.5. The van der Waals surface area contributed by atoms with E-state index in [1.165, 1.54) is 11.0 Å². The molecule has 5 heteroatoms. The van der Waals surface area contributed by atoms with Crippen molar-refractivity contribution < 1.29 is 13.9 Å². The molecule has 0 saturated carbocycles. The number of carbonyl (C=O) groups is 1. The highest BCUT2D eigenvalue weighted by molar-refractivity contribution is 5.94. The first-order chi connectivity index (χ1) is 9.88. The molecule has 2 aromatic carbocycles. The van der Waals surface area contributed by atoms with E-state index in [0.717, 1.165) is 0 Å².